The summed E-state index contributed by atoms with van der Waals surface area (Å²) in [6, 6.07) is 12.0. The summed E-state index contributed by atoms with van der Waals surface area (Å²) in [5.74, 6) is 0.0825. The molecule has 3 aromatic rings. The maximum absolute atomic E-state index is 13.4. The quantitative estimate of drug-likeness (QED) is 0.281. The van der Waals surface area contributed by atoms with Gasteiger partial charge in [0, 0.05) is 47.8 Å². The van der Waals surface area contributed by atoms with Gasteiger partial charge in [0.25, 0.3) is 0 Å². The van der Waals surface area contributed by atoms with Crippen molar-refractivity contribution in [3.63, 3.8) is 0 Å². The van der Waals surface area contributed by atoms with Crippen molar-refractivity contribution >= 4 is 56.0 Å². The van der Waals surface area contributed by atoms with Gasteiger partial charge in [-0.05, 0) is 57.2 Å². The Hall–Kier alpha value is -3.12. The first kappa shape index (κ1) is 28.9. The van der Waals surface area contributed by atoms with Crippen molar-refractivity contribution < 1.29 is 17.9 Å². The SMILES string of the molecule is Cc1ccc2cc(OCc3c(Cl)ccc(S(=O)(=O)NC(C)(C)C(=O)N4CCN(C(=N)N)CC4)c3Cl)ccc2n1. The summed E-state index contributed by atoms with van der Waals surface area (Å²) in [6.07, 6.45) is 0. The van der Waals surface area contributed by atoms with Gasteiger partial charge in [-0.1, -0.05) is 29.3 Å². The molecule has 2 heterocycles. The van der Waals surface area contributed by atoms with Crippen LogP contribution in [-0.2, 0) is 21.4 Å². The van der Waals surface area contributed by atoms with Crippen LogP contribution in [0.25, 0.3) is 10.9 Å². The number of piperazine rings is 1. The number of guanidine groups is 1. The van der Waals surface area contributed by atoms with Crippen LogP contribution in [0.15, 0.2) is 47.4 Å². The predicted octanol–water partition coefficient (Wildman–Crippen LogP) is 3.52. The third-order valence-corrected chi connectivity index (χ3v) is 9.05. The van der Waals surface area contributed by atoms with Crippen LogP contribution in [0, 0.1) is 12.3 Å². The maximum atomic E-state index is 13.4. The van der Waals surface area contributed by atoms with Gasteiger partial charge in [-0.2, -0.15) is 4.72 Å². The number of sulfonamides is 1. The van der Waals surface area contributed by atoms with E-state index in [1.165, 1.54) is 26.0 Å². The molecule has 0 radical (unpaired) electrons. The average Bonchev–Trinajstić information content (AvgIpc) is 2.87. The summed E-state index contributed by atoms with van der Waals surface area (Å²) in [5, 5.41) is 8.59. The summed E-state index contributed by atoms with van der Waals surface area (Å²) in [5.41, 5.74) is 6.09. The van der Waals surface area contributed by atoms with Gasteiger partial charge in [0.05, 0.1) is 10.5 Å². The Morgan fingerprint density at radius 1 is 1.10 bits per heavy atom. The number of aromatic nitrogens is 1. The summed E-state index contributed by atoms with van der Waals surface area (Å²) >= 11 is 12.9. The number of pyridine rings is 1. The third kappa shape index (κ3) is 6.38. The Labute approximate surface area is 237 Å². The van der Waals surface area contributed by atoms with Gasteiger partial charge in [0.15, 0.2) is 5.96 Å². The second-order valence-corrected chi connectivity index (χ2v) is 12.3. The number of carbonyl (C=O) groups is 1. The first-order valence-corrected chi connectivity index (χ1v) is 14.4. The molecule has 4 N–H and O–H groups in total. The molecule has 1 aliphatic rings. The third-order valence-electron chi connectivity index (χ3n) is 6.45. The number of carbonyl (C=O) groups excluding carboxylic acids is 1. The number of halogens is 2. The average molecular weight is 594 g/mol. The molecule has 0 spiro atoms. The number of benzene rings is 2. The fourth-order valence-corrected chi connectivity index (χ4v) is 6.61. The molecule has 2 aromatic carbocycles. The first-order chi connectivity index (χ1) is 18.3. The molecule has 39 heavy (non-hydrogen) atoms. The zero-order valence-electron chi connectivity index (χ0n) is 21.8. The van der Waals surface area contributed by atoms with E-state index >= 15 is 0 Å². The number of rotatable bonds is 7. The number of ether oxygens (including phenoxy) is 1. The lowest BCUT2D eigenvalue weighted by molar-refractivity contribution is -0.137. The van der Waals surface area contributed by atoms with Gasteiger partial charge in [-0.25, -0.2) is 8.42 Å². The molecule has 208 valence electrons. The van der Waals surface area contributed by atoms with E-state index in [1.807, 2.05) is 31.2 Å². The van der Waals surface area contributed by atoms with Crippen LogP contribution in [-0.4, -0.2) is 66.8 Å². The van der Waals surface area contributed by atoms with Gasteiger partial charge in [0.2, 0.25) is 15.9 Å². The van der Waals surface area contributed by atoms with E-state index in [0.29, 0.717) is 37.5 Å². The molecule has 1 aliphatic heterocycles. The molecule has 1 saturated heterocycles. The van der Waals surface area contributed by atoms with Crippen molar-refractivity contribution in [3.8, 4) is 5.75 Å². The van der Waals surface area contributed by atoms with Crippen LogP contribution in [0.5, 0.6) is 5.75 Å². The number of aryl methyl sites for hydroxylation is 1. The smallest absolute Gasteiger partial charge is 0.243 e. The molecule has 0 bridgehead atoms. The fourth-order valence-electron chi connectivity index (χ4n) is 4.35. The van der Waals surface area contributed by atoms with Crippen molar-refractivity contribution in [2.24, 2.45) is 5.73 Å². The van der Waals surface area contributed by atoms with Crippen molar-refractivity contribution in [2.45, 2.75) is 37.8 Å². The predicted molar refractivity (Wildman–Crippen MR) is 152 cm³/mol. The second-order valence-electron chi connectivity index (χ2n) is 9.83. The number of nitrogens with two attached hydrogens (primary N) is 1. The van der Waals surface area contributed by atoms with E-state index in [1.54, 1.807) is 15.9 Å². The highest BCUT2D eigenvalue weighted by Crippen LogP contribution is 2.33. The highest BCUT2D eigenvalue weighted by atomic mass is 35.5. The van der Waals surface area contributed by atoms with Gasteiger partial charge in [-0.3, -0.25) is 15.2 Å². The largest absolute Gasteiger partial charge is 0.489 e. The lowest BCUT2D eigenvalue weighted by atomic mass is 10.0. The Balaban J connectivity index is 1.50. The molecule has 0 aliphatic carbocycles. The molecule has 10 nitrogen and oxygen atoms in total. The van der Waals surface area contributed by atoms with Crippen LogP contribution in [0.4, 0.5) is 0 Å². The standard InChI is InChI=1S/C26H30Cl2N6O4S/c1-16-4-5-17-14-18(6-8-21(17)31-16)38-15-19-20(27)7-9-22(23(19)28)39(36,37)32-26(2,3)24(35)33-10-12-34(13-11-33)25(29)30/h4-9,14,32H,10-13,15H2,1-3H3,(H3,29,30). The Kier molecular flexibility index (Phi) is 8.27. The molecule has 0 saturated carbocycles. The van der Waals surface area contributed by atoms with E-state index in [0.717, 1.165) is 16.6 Å². The van der Waals surface area contributed by atoms with E-state index in [-0.39, 0.29) is 27.5 Å². The Morgan fingerprint density at radius 2 is 1.77 bits per heavy atom. The topological polar surface area (TPSA) is 142 Å². The minimum absolute atomic E-state index is 0.0630. The van der Waals surface area contributed by atoms with Crippen LogP contribution >= 0.6 is 23.2 Å². The summed E-state index contributed by atoms with van der Waals surface area (Å²) in [6.45, 7) is 6.25. The zero-order valence-corrected chi connectivity index (χ0v) is 24.1. The molecule has 0 atom stereocenters. The first-order valence-electron chi connectivity index (χ1n) is 12.2. The van der Waals surface area contributed by atoms with Gasteiger partial charge >= 0.3 is 0 Å². The maximum Gasteiger partial charge on any atom is 0.243 e. The number of hydrogen-bond donors (Lipinski definition) is 3. The summed E-state index contributed by atoms with van der Waals surface area (Å²) < 4.78 is 35.2. The number of nitrogens with zero attached hydrogens (tertiary/aromatic N) is 3. The van der Waals surface area contributed by atoms with Crippen LogP contribution in [0.2, 0.25) is 10.0 Å². The molecule has 0 unspecified atom stereocenters. The van der Waals surface area contributed by atoms with Crippen molar-refractivity contribution in [1.82, 2.24) is 19.5 Å². The van der Waals surface area contributed by atoms with Gasteiger partial charge in [-0.15, -0.1) is 0 Å². The highest BCUT2D eigenvalue weighted by Gasteiger charge is 2.38. The Bertz CT molecular complexity index is 1540. The normalized spacial score (nSPS) is 14.5. The molecule has 1 fully saturated rings. The van der Waals surface area contributed by atoms with Crippen molar-refractivity contribution in [2.75, 3.05) is 26.2 Å². The Morgan fingerprint density at radius 3 is 2.44 bits per heavy atom. The number of nitrogens with one attached hydrogen (secondary N) is 2. The molecule has 1 aromatic heterocycles. The van der Waals surface area contributed by atoms with Gasteiger partial charge < -0.3 is 20.3 Å². The molecule has 4 rings (SSSR count). The van der Waals surface area contributed by atoms with Crippen LogP contribution in [0.3, 0.4) is 0 Å². The highest BCUT2D eigenvalue weighted by molar-refractivity contribution is 7.89. The van der Waals surface area contributed by atoms with Crippen molar-refractivity contribution in [3.05, 3.63) is 63.8 Å². The minimum atomic E-state index is -4.23. The summed E-state index contributed by atoms with van der Waals surface area (Å²) in [4.78, 5) is 20.6. The minimum Gasteiger partial charge on any atom is -0.489 e. The van der Waals surface area contributed by atoms with Crippen molar-refractivity contribution in [1.29, 1.82) is 5.41 Å². The number of hydrogen-bond acceptors (Lipinski definition) is 6. The number of fused-ring (bicyclic) bond motifs is 1. The lowest BCUT2D eigenvalue weighted by Crippen LogP contribution is -2.60. The zero-order chi connectivity index (χ0) is 28.5. The van der Waals surface area contributed by atoms with E-state index in [9.17, 15) is 13.2 Å². The van der Waals surface area contributed by atoms with E-state index < -0.39 is 21.5 Å². The molecule has 13 heteroatoms. The summed E-state index contributed by atoms with van der Waals surface area (Å²) in [7, 11) is -4.23. The van der Waals surface area contributed by atoms with Gasteiger partial charge in [0.1, 0.15) is 22.8 Å². The van der Waals surface area contributed by atoms with E-state index in [4.69, 9.17) is 39.1 Å². The monoisotopic (exact) mass is 592 g/mol. The van der Waals surface area contributed by atoms with Crippen LogP contribution in [0.1, 0.15) is 25.1 Å². The molecule has 1 amide bonds. The van der Waals surface area contributed by atoms with E-state index in [2.05, 4.69) is 9.71 Å². The fraction of sp³-hybridized carbons (Fsp3) is 0.346. The second kappa shape index (κ2) is 11.2. The lowest BCUT2D eigenvalue weighted by Gasteiger charge is -2.38. The molecular formula is C26H30Cl2N6O4S. The van der Waals surface area contributed by atoms with Crippen LogP contribution < -0.4 is 15.2 Å². The number of amides is 1. The molecular weight excluding hydrogens is 563 g/mol.